The van der Waals surface area contributed by atoms with E-state index in [1.54, 1.807) is 0 Å². The minimum atomic E-state index is 0.217. The first-order valence-corrected chi connectivity index (χ1v) is 9.10. The molecule has 0 aromatic heterocycles. The van der Waals surface area contributed by atoms with Crippen LogP contribution in [-0.4, -0.2) is 16.5 Å². The van der Waals surface area contributed by atoms with Crippen LogP contribution in [0.15, 0.2) is 27.7 Å². The van der Waals surface area contributed by atoms with E-state index >= 15 is 0 Å². The number of amidine groups is 1. The maximum absolute atomic E-state index is 5.03. The first-order valence-electron chi connectivity index (χ1n) is 7.32. The van der Waals surface area contributed by atoms with Crippen LogP contribution in [0.2, 0.25) is 0 Å². The lowest BCUT2D eigenvalue weighted by Crippen LogP contribution is -2.33. The molecule has 108 valence electrons. The number of aliphatic imine (C=N–C) groups is 1. The number of benzene rings is 1. The van der Waals surface area contributed by atoms with Gasteiger partial charge in [0.15, 0.2) is 5.17 Å². The topological polar surface area (TPSA) is 24.4 Å². The van der Waals surface area contributed by atoms with Crippen LogP contribution in [0.1, 0.15) is 38.2 Å². The summed E-state index contributed by atoms with van der Waals surface area (Å²) < 4.78 is 1.15. The van der Waals surface area contributed by atoms with Crippen molar-refractivity contribution in [3.05, 3.63) is 28.2 Å². The van der Waals surface area contributed by atoms with Crippen LogP contribution in [0.5, 0.6) is 0 Å². The molecule has 0 saturated heterocycles. The second-order valence-electron chi connectivity index (χ2n) is 6.22. The molecule has 1 aromatic rings. The van der Waals surface area contributed by atoms with E-state index in [0.717, 1.165) is 27.0 Å². The Morgan fingerprint density at radius 1 is 1.45 bits per heavy atom. The summed E-state index contributed by atoms with van der Waals surface area (Å²) in [7, 11) is 0. The highest BCUT2D eigenvalue weighted by atomic mass is 79.9. The molecule has 2 unspecified atom stereocenters. The summed E-state index contributed by atoms with van der Waals surface area (Å²) in [4.78, 5) is 5.03. The predicted octanol–water partition coefficient (Wildman–Crippen LogP) is 5.22. The number of hydrogen-bond acceptors (Lipinski definition) is 3. The standard InChI is InChI=1S/C16H21BrN2S/c1-11-4-3-7-16(9-11)10-20-15(19-16)18-13-5-6-14(17)12(2)8-13/h5-6,8,11H,3-4,7,9-10H2,1-2H3,(H,18,19). The number of halogens is 1. The van der Waals surface area contributed by atoms with Gasteiger partial charge in [0.25, 0.3) is 0 Å². The first-order chi connectivity index (χ1) is 9.56. The van der Waals surface area contributed by atoms with Crippen LogP contribution in [0.25, 0.3) is 0 Å². The first kappa shape index (κ1) is 14.5. The van der Waals surface area contributed by atoms with Crippen molar-refractivity contribution in [3.8, 4) is 0 Å². The van der Waals surface area contributed by atoms with Gasteiger partial charge in [0.1, 0.15) is 0 Å². The Bertz CT molecular complexity index is 543. The summed E-state index contributed by atoms with van der Waals surface area (Å²) in [5, 5.41) is 4.59. The smallest absolute Gasteiger partial charge is 0.161 e. The van der Waals surface area contributed by atoms with Crippen LogP contribution in [0, 0.1) is 12.8 Å². The van der Waals surface area contributed by atoms with Gasteiger partial charge in [-0.2, -0.15) is 0 Å². The van der Waals surface area contributed by atoms with Crippen molar-refractivity contribution >= 4 is 38.5 Å². The lowest BCUT2D eigenvalue weighted by atomic mass is 9.78. The van der Waals surface area contributed by atoms with Crippen LogP contribution < -0.4 is 5.32 Å². The molecule has 2 nitrogen and oxygen atoms in total. The zero-order valence-corrected chi connectivity index (χ0v) is 14.5. The summed E-state index contributed by atoms with van der Waals surface area (Å²) >= 11 is 5.42. The molecule has 1 heterocycles. The fraction of sp³-hybridized carbons (Fsp3) is 0.562. The third-order valence-corrected chi connectivity index (χ3v) is 6.33. The van der Waals surface area contributed by atoms with Crippen molar-refractivity contribution in [2.45, 2.75) is 45.1 Å². The number of hydrogen-bond donors (Lipinski definition) is 1. The van der Waals surface area contributed by atoms with Gasteiger partial charge in [0.2, 0.25) is 0 Å². The Labute approximate surface area is 134 Å². The van der Waals surface area contributed by atoms with E-state index in [-0.39, 0.29) is 5.54 Å². The third kappa shape index (κ3) is 3.06. The molecule has 2 aliphatic rings. The lowest BCUT2D eigenvalue weighted by molar-refractivity contribution is 0.266. The highest BCUT2D eigenvalue weighted by molar-refractivity contribution is 9.10. The molecule has 0 radical (unpaired) electrons. The molecular weight excluding hydrogens is 332 g/mol. The summed E-state index contributed by atoms with van der Waals surface area (Å²) in [6, 6.07) is 6.37. The maximum Gasteiger partial charge on any atom is 0.161 e. The monoisotopic (exact) mass is 352 g/mol. The van der Waals surface area contributed by atoms with Gasteiger partial charge in [0, 0.05) is 15.9 Å². The van der Waals surface area contributed by atoms with Gasteiger partial charge in [-0.15, -0.1) is 0 Å². The SMILES string of the molecule is Cc1cc(NC2=NC3(CCCC(C)C3)CS2)ccc1Br. The zero-order chi connectivity index (χ0) is 14.2. The zero-order valence-electron chi connectivity index (χ0n) is 12.1. The Hall–Kier alpha value is -0.480. The van der Waals surface area contributed by atoms with Gasteiger partial charge in [-0.25, -0.2) is 0 Å². The molecule has 3 rings (SSSR count). The van der Waals surface area contributed by atoms with Gasteiger partial charge in [-0.1, -0.05) is 47.5 Å². The average molecular weight is 353 g/mol. The van der Waals surface area contributed by atoms with E-state index < -0.39 is 0 Å². The Balaban J connectivity index is 1.73. The molecule has 4 heteroatoms. The van der Waals surface area contributed by atoms with E-state index in [2.05, 4.69) is 53.3 Å². The van der Waals surface area contributed by atoms with Crippen LogP contribution in [0.4, 0.5) is 5.69 Å². The fourth-order valence-corrected chi connectivity index (χ4v) is 4.68. The second-order valence-corrected chi connectivity index (χ2v) is 8.04. The highest BCUT2D eigenvalue weighted by Crippen LogP contribution is 2.42. The summed E-state index contributed by atoms with van der Waals surface area (Å²) in [6.07, 6.45) is 5.21. The predicted molar refractivity (Wildman–Crippen MR) is 92.8 cm³/mol. The van der Waals surface area contributed by atoms with E-state index in [4.69, 9.17) is 4.99 Å². The Morgan fingerprint density at radius 2 is 2.30 bits per heavy atom. The minimum Gasteiger partial charge on any atom is -0.335 e. The van der Waals surface area contributed by atoms with E-state index in [1.807, 2.05) is 11.8 Å². The van der Waals surface area contributed by atoms with Crippen LogP contribution in [-0.2, 0) is 0 Å². The van der Waals surface area contributed by atoms with E-state index in [0.29, 0.717) is 0 Å². The number of nitrogens with zero attached hydrogens (tertiary/aromatic N) is 1. The molecule has 1 spiro atoms. The van der Waals surface area contributed by atoms with Crippen molar-refractivity contribution in [2.24, 2.45) is 10.9 Å². The highest BCUT2D eigenvalue weighted by Gasteiger charge is 2.39. The maximum atomic E-state index is 5.03. The van der Waals surface area contributed by atoms with Crippen LogP contribution >= 0.6 is 27.7 Å². The molecule has 1 saturated carbocycles. The van der Waals surface area contributed by atoms with Gasteiger partial charge in [0.05, 0.1) is 5.54 Å². The van der Waals surface area contributed by atoms with Crippen molar-refractivity contribution in [1.82, 2.24) is 0 Å². The molecule has 1 N–H and O–H groups in total. The number of rotatable bonds is 1. The molecule has 1 aliphatic carbocycles. The quantitative estimate of drug-likeness (QED) is 0.748. The molecule has 1 fully saturated rings. The number of nitrogens with one attached hydrogen (secondary N) is 1. The van der Waals surface area contributed by atoms with E-state index in [9.17, 15) is 0 Å². The Morgan fingerprint density at radius 3 is 3.05 bits per heavy atom. The van der Waals surface area contributed by atoms with Gasteiger partial charge >= 0.3 is 0 Å². The fourth-order valence-electron chi connectivity index (χ4n) is 3.26. The number of aryl methyl sites for hydroxylation is 1. The number of thioether (sulfide) groups is 1. The summed E-state index contributed by atoms with van der Waals surface area (Å²) in [5.74, 6) is 1.97. The summed E-state index contributed by atoms with van der Waals surface area (Å²) in [5.41, 5.74) is 2.60. The normalized spacial score (nSPS) is 29.6. The van der Waals surface area contributed by atoms with Crippen LogP contribution in [0.3, 0.4) is 0 Å². The molecular formula is C16H21BrN2S. The van der Waals surface area contributed by atoms with E-state index in [1.165, 1.54) is 31.2 Å². The van der Waals surface area contributed by atoms with Gasteiger partial charge < -0.3 is 5.32 Å². The van der Waals surface area contributed by atoms with Crippen molar-refractivity contribution in [1.29, 1.82) is 0 Å². The van der Waals surface area contributed by atoms with Gasteiger partial charge in [-0.3, -0.25) is 4.99 Å². The molecule has 1 aromatic carbocycles. The molecule has 2 atom stereocenters. The number of anilines is 1. The molecule has 0 amide bonds. The Kier molecular flexibility index (Phi) is 4.14. The third-order valence-electron chi connectivity index (χ3n) is 4.29. The van der Waals surface area contributed by atoms with Gasteiger partial charge in [-0.05, 0) is 49.4 Å². The molecule has 0 bridgehead atoms. The van der Waals surface area contributed by atoms with Crippen molar-refractivity contribution < 1.29 is 0 Å². The van der Waals surface area contributed by atoms with Crippen molar-refractivity contribution in [3.63, 3.8) is 0 Å². The summed E-state index contributed by atoms with van der Waals surface area (Å²) in [6.45, 7) is 4.48. The lowest BCUT2D eigenvalue weighted by Gasteiger charge is -2.33. The minimum absolute atomic E-state index is 0.217. The average Bonchev–Trinajstić information content (AvgIpc) is 2.76. The second kappa shape index (κ2) is 5.72. The molecule has 1 aliphatic heterocycles. The molecule has 20 heavy (non-hydrogen) atoms. The van der Waals surface area contributed by atoms with Crippen molar-refractivity contribution in [2.75, 3.05) is 11.1 Å². The largest absolute Gasteiger partial charge is 0.335 e.